The molecule has 21 heavy (non-hydrogen) atoms. The number of fused-ring (bicyclic) bond motifs is 1. The van der Waals surface area contributed by atoms with E-state index in [0.29, 0.717) is 6.61 Å². The molecule has 0 spiro atoms. The molecule has 1 aromatic carbocycles. The third-order valence-electron chi connectivity index (χ3n) is 4.26. The number of halogens is 2. The van der Waals surface area contributed by atoms with Crippen LogP contribution in [-0.4, -0.2) is 22.8 Å². The van der Waals surface area contributed by atoms with E-state index in [-0.39, 0.29) is 16.5 Å². The second kappa shape index (κ2) is 5.49. The first-order valence-electron chi connectivity index (χ1n) is 6.89. The van der Waals surface area contributed by atoms with Crippen LogP contribution < -0.4 is 0 Å². The van der Waals surface area contributed by atoms with Gasteiger partial charge in [0.1, 0.15) is 0 Å². The van der Waals surface area contributed by atoms with Gasteiger partial charge in [-0.05, 0) is 37.1 Å². The van der Waals surface area contributed by atoms with Crippen molar-refractivity contribution in [2.75, 3.05) is 6.61 Å². The summed E-state index contributed by atoms with van der Waals surface area (Å²) in [6.45, 7) is 4.65. The normalized spacial score (nSPS) is 34.0. The lowest BCUT2D eigenvalue weighted by Gasteiger charge is -2.33. The minimum atomic E-state index is -0.416. The van der Waals surface area contributed by atoms with Crippen molar-refractivity contribution in [3.05, 3.63) is 53.1 Å². The van der Waals surface area contributed by atoms with Gasteiger partial charge in [-0.15, -0.1) is 0 Å². The van der Waals surface area contributed by atoms with Crippen LogP contribution in [-0.2, 0) is 9.53 Å². The molecule has 3 rings (SSSR count). The fourth-order valence-electron chi connectivity index (χ4n) is 2.97. The molecule has 1 aromatic rings. The van der Waals surface area contributed by atoms with E-state index in [4.69, 9.17) is 4.74 Å². The number of hydrogen-bond donors (Lipinski definition) is 0. The van der Waals surface area contributed by atoms with Crippen LogP contribution in [0.1, 0.15) is 18.1 Å². The topological polar surface area (TPSA) is 26.3 Å². The molecule has 0 amide bonds. The zero-order chi connectivity index (χ0) is 15.2. The Morgan fingerprint density at radius 1 is 1.33 bits per heavy atom. The first kappa shape index (κ1) is 15.2. The fourth-order valence-corrected chi connectivity index (χ4v) is 4.59. The first-order chi connectivity index (χ1) is 9.92. The van der Waals surface area contributed by atoms with Crippen molar-refractivity contribution in [1.29, 1.82) is 0 Å². The number of hydrogen-bond acceptors (Lipinski definition) is 2. The van der Waals surface area contributed by atoms with Gasteiger partial charge in [0.25, 0.3) is 0 Å². The van der Waals surface area contributed by atoms with Crippen LogP contribution in [0, 0.1) is 12.8 Å². The summed E-state index contributed by atoms with van der Waals surface area (Å²) in [6, 6.07) is 8.35. The molecule has 3 atom stereocenters. The van der Waals surface area contributed by atoms with E-state index in [1.54, 1.807) is 6.08 Å². The Hall–Kier alpha value is -0.710. The Bertz CT molecular complexity index is 645. The smallest absolute Gasteiger partial charge is 0.169 e. The van der Waals surface area contributed by atoms with Crippen molar-refractivity contribution < 1.29 is 9.53 Å². The summed E-state index contributed by atoms with van der Waals surface area (Å²) in [7, 11) is 0. The number of carbonyl (C=O) groups excluding carboxylic acids is 1. The molecule has 0 unspecified atom stereocenters. The largest absolute Gasteiger partial charge is 0.366 e. The van der Waals surface area contributed by atoms with Crippen molar-refractivity contribution >= 4 is 42.1 Å². The number of alkyl halides is 1. The molecular formula is C17H16Br2O2. The monoisotopic (exact) mass is 410 g/mol. The maximum absolute atomic E-state index is 12.0. The zero-order valence-corrected chi connectivity index (χ0v) is 15.1. The second-order valence-corrected chi connectivity index (χ2v) is 7.57. The summed E-state index contributed by atoms with van der Waals surface area (Å²) in [5, 5.41) is 0. The van der Waals surface area contributed by atoms with Crippen molar-refractivity contribution in [2.24, 2.45) is 5.92 Å². The van der Waals surface area contributed by atoms with Gasteiger partial charge in [-0.25, -0.2) is 0 Å². The SMILES string of the molecule is Cc1ccc(/C(Br)=C2\CO[C@]3(C)C=CC(=O)[C@@H](Br)[C@H]23)cc1. The average molecular weight is 412 g/mol. The van der Waals surface area contributed by atoms with Crippen LogP contribution in [0.5, 0.6) is 0 Å². The highest BCUT2D eigenvalue weighted by molar-refractivity contribution is 9.15. The maximum atomic E-state index is 12.0. The van der Waals surface area contributed by atoms with E-state index < -0.39 is 5.60 Å². The number of ether oxygens (including phenoxy) is 1. The Balaban J connectivity index is 2.06. The number of allylic oxidation sites excluding steroid dienone is 1. The summed E-state index contributed by atoms with van der Waals surface area (Å²) in [5.74, 6) is 0.121. The van der Waals surface area contributed by atoms with Gasteiger partial charge in [-0.3, -0.25) is 4.79 Å². The summed E-state index contributed by atoms with van der Waals surface area (Å²) < 4.78 is 7.02. The van der Waals surface area contributed by atoms with Gasteiger partial charge in [-0.1, -0.05) is 61.7 Å². The standard InChI is InChI=1S/C17H16Br2O2/c1-10-3-5-11(6-4-10)15(18)12-9-21-17(2)8-7-13(20)16(19)14(12)17/h3-8,14,16H,9H2,1-2H3/b15-12-/t14-,16+,17+/m0/s1. The third-order valence-corrected chi connectivity index (χ3v) is 6.21. The molecular weight excluding hydrogens is 396 g/mol. The van der Waals surface area contributed by atoms with E-state index in [2.05, 4.69) is 63.0 Å². The number of rotatable bonds is 1. The lowest BCUT2D eigenvalue weighted by atomic mass is 9.78. The molecule has 2 nitrogen and oxygen atoms in total. The van der Waals surface area contributed by atoms with Crippen molar-refractivity contribution in [3.63, 3.8) is 0 Å². The molecule has 2 aliphatic rings. The van der Waals surface area contributed by atoms with Gasteiger partial charge in [-0.2, -0.15) is 0 Å². The van der Waals surface area contributed by atoms with Gasteiger partial charge < -0.3 is 4.74 Å². The van der Waals surface area contributed by atoms with Crippen molar-refractivity contribution in [2.45, 2.75) is 24.3 Å². The highest BCUT2D eigenvalue weighted by atomic mass is 79.9. The lowest BCUT2D eigenvalue weighted by Crippen LogP contribution is -2.42. The highest BCUT2D eigenvalue weighted by Crippen LogP contribution is 2.48. The van der Waals surface area contributed by atoms with Gasteiger partial charge in [0, 0.05) is 10.4 Å². The van der Waals surface area contributed by atoms with Crippen molar-refractivity contribution in [1.82, 2.24) is 0 Å². The van der Waals surface area contributed by atoms with E-state index in [1.165, 1.54) is 5.56 Å². The first-order valence-corrected chi connectivity index (χ1v) is 8.60. The van der Waals surface area contributed by atoms with Crippen LogP contribution in [0.25, 0.3) is 4.48 Å². The molecule has 4 heteroatoms. The van der Waals surface area contributed by atoms with E-state index in [1.807, 2.05) is 13.0 Å². The third kappa shape index (κ3) is 2.58. The van der Waals surface area contributed by atoms with Crippen LogP contribution >= 0.6 is 31.9 Å². The van der Waals surface area contributed by atoms with E-state index in [0.717, 1.165) is 15.6 Å². The van der Waals surface area contributed by atoms with Crippen LogP contribution in [0.3, 0.4) is 0 Å². The summed E-state index contributed by atoms with van der Waals surface area (Å²) >= 11 is 7.27. The summed E-state index contributed by atoms with van der Waals surface area (Å²) in [5.41, 5.74) is 3.07. The van der Waals surface area contributed by atoms with Crippen LogP contribution in [0.15, 0.2) is 42.0 Å². The van der Waals surface area contributed by atoms with Gasteiger partial charge in [0.2, 0.25) is 0 Å². The summed E-state index contributed by atoms with van der Waals surface area (Å²) in [6.07, 6.45) is 3.51. The summed E-state index contributed by atoms with van der Waals surface area (Å²) in [4.78, 5) is 11.8. The molecule has 1 saturated heterocycles. The Morgan fingerprint density at radius 2 is 2.00 bits per heavy atom. The second-order valence-electron chi connectivity index (χ2n) is 5.79. The number of carbonyl (C=O) groups is 1. The fraction of sp³-hybridized carbons (Fsp3) is 0.353. The molecule has 1 fully saturated rings. The predicted molar refractivity (Wildman–Crippen MR) is 91.7 cm³/mol. The average Bonchev–Trinajstić information content (AvgIpc) is 2.82. The molecule has 0 saturated carbocycles. The molecule has 0 bridgehead atoms. The molecule has 0 aromatic heterocycles. The molecule has 110 valence electrons. The number of benzene rings is 1. The highest BCUT2D eigenvalue weighted by Gasteiger charge is 2.50. The molecule has 0 N–H and O–H groups in total. The maximum Gasteiger partial charge on any atom is 0.169 e. The van der Waals surface area contributed by atoms with Crippen LogP contribution in [0.2, 0.25) is 0 Å². The van der Waals surface area contributed by atoms with Crippen LogP contribution in [0.4, 0.5) is 0 Å². The Morgan fingerprint density at radius 3 is 2.67 bits per heavy atom. The van der Waals surface area contributed by atoms with Gasteiger partial charge in [0.15, 0.2) is 5.78 Å². The van der Waals surface area contributed by atoms with E-state index in [9.17, 15) is 4.79 Å². The molecule has 1 heterocycles. The Labute approximate surface area is 141 Å². The minimum absolute atomic E-state index is 0.0191. The molecule has 1 aliphatic heterocycles. The molecule has 0 radical (unpaired) electrons. The quantitative estimate of drug-likeness (QED) is 0.640. The number of aryl methyl sites for hydroxylation is 1. The van der Waals surface area contributed by atoms with Gasteiger partial charge in [0.05, 0.1) is 17.0 Å². The number of ketones is 1. The van der Waals surface area contributed by atoms with Crippen molar-refractivity contribution in [3.8, 4) is 0 Å². The Kier molecular flexibility index (Phi) is 3.97. The lowest BCUT2D eigenvalue weighted by molar-refractivity contribution is -0.116. The minimum Gasteiger partial charge on any atom is -0.366 e. The van der Waals surface area contributed by atoms with Gasteiger partial charge >= 0.3 is 0 Å². The molecule has 1 aliphatic carbocycles. The zero-order valence-electron chi connectivity index (χ0n) is 11.9. The van der Waals surface area contributed by atoms with E-state index >= 15 is 0 Å². The predicted octanol–water partition coefficient (Wildman–Crippen LogP) is 4.41.